The Morgan fingerprint density at radius 2 is 2.03 bits per heavy atom. The van der Waals surface area contributed by atoms with E-state index in [-0.39, 0.29) is 5.56 Å². The zero-order valence-corrected chi connectivity index (χ0v) is 18.1. The zero-order chi connectivity index (χ0) is 20.7. The molecular formula is C22H14BrN3O3S. The number of hydrogen-bond donors (Lipinski definition) is 0. The van der Waals surface area contributed by atoms with E-state index in [1.165, 1.54) is 16.0 Å². The third-order valence-electron chi connectivity index (χ3n) is 4.60. The molecule has 0 aliphatic rings. The summed E-state index contributed by atoms with van der Waals surface area (Å²) in [6, 6.07) is 16.5. The quantitative estimate of drug-likeness (QED) is 0.318. The summed E-state index contributed by atoms with van der Waals surface area (Å²) in [7, 11) is 1.61. The topological polar surface area (TPSA) is 69.6 Å². The molecular weight excluding hydrogens is 466 g/mol. The number of methoxy groups -OCH3 is 1. The Bertz CT molecular complexity index is 1480. The van der Waals surface area contributed by atoms with E-state index in [2.05, 4.69) is 26.0 Å². The van der Waals surface area contributed by atoms with E-state index < -0.39 is 0 Å². The van der Waals surface area contributed by atoms with Gasteiger partial charge in [0.1, 0.15) is 11.3 Å². The maximum atomic E-state index is 13.2. The third-order valence-corrected chi connectivity index (χ3v) is 6.23. The molecule has 5 rings (SSSR count). The number of benzene rings is 2. The molecule has 0 radical (unpaired) electrons. The lowest BCUT2D eigenvalue weighted by molar-refractivity contribution is 0.419. The van der Waals surface area contributed by atoms with Crippen molar-refractivity contribution in [3.63, 3.8) is 0 Å². The summed E-state index contributed by atoms with van der Waals surface area (Å²) in [5.74, 6) is 1.44. The summed E-state index contributed by atoms with van der Waals surface area (Å²) in [5, 5.41) is 7.68. The van der Waals surface area contributed by atoms with E-state index in [9.17, 15) is 4.79 Å². The Labute approximate surface area is 183 Å². The maximum Gasteiger partial charge on any atom is 0.282 e. The number of halogens is 1. The first-order valence-electron chi connectivity index (χ1n) is 9.01. The lowest BCUT2D eigenvalue weighted by atomic mass is 10.2. The predicted octanol–water partition coefficient (Wildman–Crippen LogP) is 5.52. The second-order valence-electron chi connectivity index (χ2n) is 6.46. The van der Waals surface area contributed by atoms with Crippen molar-refractivity contribution in [3.05, 3.63) is 79.7 Å². The number of ether oxygens (including phenoxy) is 1. The molecule has 5 aromatic rings. The molecule has 148 valence electrons. The highest BCUT2D eigenvalue weighted by atomic mass is 79.9. The average molecular weight is 480 g/mol. The van der Waals surface area contributed by atoms with Gasteiger partial charge in [0, 0.05) is 14.7 Å². The van der Waals surface area contributed by atoms with Crippen LogP contribution in [0.3, 0.4) is 0 Å². The van der Waals surface area contributed by atoms with E-state index in [1.54, 1.807) is 25.5 Å². The zero-order valence-electron chi connectivity index (χ0n) is 15.7. The Morgan fingerprint density at radius 3 is 2.83 bits per heavy atom. The van der Waals surface area contributed by atoms with Gasteiger partial charge in [-0.3, -0.25) is 4.79 Å². The fourth-order valence-electron chi connectivity index (χ4n) is 3.22. The second-order valence-corrected chi connectivity index (χ2v) is 8.32. The Hall–Kier alpha value is -3.23. The van der Waals surface area contributed by atoms with Crippen LogP contribution in [0.25, 0.3) is 33.5 Å². The summed E-state index contributed by atoms with van der Waals surface area (Å²) < 4.78 is 13.7. The molecule has 0 spiro atoms. The van der Waals surface area contributed by atoms with Gasteiger partial charge in [0.05, 0.1) is 29.6 Å². The minimum Gasteiger partial charge on any atom is -0.496 e. The molecule has 0 saturated carbocycles. The molecule has 6 nitrogen and oxygen atoms in total. The molecule has 0 aliphatic carbocycles. The van der Waals surface area contributed by atoms with Crippen molar-refractivity contribution in [2.24, 2.45) is 5.10 Å². The summed E-state index contributed by atoms with van der Waals surface area (Å²) in [6.07, 6.45) is 1.64. The number of para-hydroxylation sites is 1. The molecule has 3 aromatic heterocycles. The molecule has 30 heavy (non-hydrogen) atoms. The van der Waals surface area contributed by atoms with Crippen LogP contribution in [-0.2, 0) is 0 Å². The van der Waals surface area contributed by atoms with Crippen molar-refractivity contribution in [2.45, 2.75) is 0 Å². The van der Waals surface area contributed by atoms with Gasteiger partial charge in [-0.15, -0.1) is 11.3 Å². The van der Waals surface area contributed by atoms with Gasteiger partial charge in [-0.2, -0.15) is 9.78 Å². The van der Waals surface area contributed by atoms with E-state index >= 15 is 0 Å². The molecule has 3 heterocycles. The first-order valence-corrected chi connectivity index (χ1v) is 10.7. The average Bonchev–Trinajstić information content (AvgIpc) is 3.38. The number of fused-ring (bicyclic) bond motifs is 2. The highest BCUT2D eigenvalue weighted by molar-refractivity contribution is 9.10. The Kier molecular flexibility index (Phi) is 4.72. The van der Waals surface area contributed by atoms with Crippen LogP contribution in [-0.4, -0.2) is 23.0 Å². The number of hydrogen-bond acceptors (Lipinski definition) is 6. The summed E-state index contributed by atoms with van der Waals surface area (Å²) in [4.78, 5) is 18.8. The summed E-state index contributed by atoms with van der Waals surface area (Å²) in [6.45, 7) is 0. The van der Waals surface area contributed by atoms with Crippen LogP contribution in [0, 0.1) is 0 Å². The largest absolute Gasteiger partial charge is 0.496 e. The minimum absolute atomic E-state index is 0.269. The van der Waals surface area contributed by atoms with Crippen LogP contribution in [0.1, 0.15) is 4.88 Å². The van der Waals surface area contributed by atoms with E-state index in [0.29, 0.717) is 33.8 Å². The van der Waals surface area contributed by atoms with E-state index in [1.807, 2.05) is 47.8 Å². The van der Waals surface area contributed by atoms with Crippen LogP contribution in [0.5, 0.6) is 5.75 Å². The Morgan fingerprint density at radius 1 is 1.17 bits per heavy atom. The van der Waals surface area contributed by atoms with Crippen LogP contribution < -0.4 is 10.3 Å². The van der Waals surface area contributed by atoms with E-state index in [4.69, 9.17) is 9.15 Å². The molecule has 0 unspecified atom stereocenters. The number of thiophene rings is 1. The molecule has 0 fully saturated rings. The van der Waals surface area contributed by atoms with Gasteiger partial charge in [0.15, 0.2) is 5.76 Å². The highest BCUT2D eigenvalue weighted by Crippen LogP contribution is 2.32. The SMILES string of the molecule is COc1cccc2oc(-c3nc4ccccc4c(=O)n3N=Cc3cc(Br)cs3)cc12. The van der Waals surface area contributed by atoms with Gasteiger partial charge in [0.2, 0.25) is 5.82 Å². The van der Waals surface area contributed by atoms with Crippen molar-refractivity contribution in [2.75, 3.05) is 7.11 Å². The van der Waals surface area contributed by atoms with Crippen molar-refractivity contribution in [3.8, 4) is 17.3 Å². The van der Waals surface area contributed by atoms with E-state index in [0.717, 1.165) is 14.7 Å². The monoisotopic (exact) mass is 479 g/mol. The standard InChI is InChI=1S/C22H14BrN3O3S/c1-28-18-7-4-8-19-16(18)10-20(29-19)21-25-17-6-3-2-5-15(17)22(27)26(21)24-11-14-9-13(23)12-30-14/h2-12H,1H3. The van der Waals surface area contributed by atoms with Gasteiger partial charge in [-0.1, -0.05) is 18.2 Å². The van der Waals surface area contributed by atoms with Crippen LogP contribution >= 0.6 is 27.3 Å². The number of furan rings is 1. The van der Waals surface area contributed by atoms with Gasteiger partial charge in [-0.25, -0.2) is 4.98 Å². The molecule has 0 N–H and O–H groups in total. The molecule has 0 saturated heterocycles. The number of nitrogens with zero attached hydrogens (tertiary/aromatic N) is 3. The first-order chi connectivity index (χ1) is 14.6. The molecule has 0 atom stereocenters. The summed E-state index contributed by atoms with van der Waals surface area (Å²) >= 11 is 4.95. The van der Waals surface area contributed by atoms with Gasteiger partial charge in [0.25, 0.3) is 5.56 Å². The first kappa shape index (κ1) is 18.8. The fourth-order valence-corrected chi connectivity index (χ4v) is 4.52. The van der Waals surface area contributed by atoms with Gasteiger partial charge in [-0.05, 0) is 52.3 Å². The van der Waals surface area contributed by atoms with Crippen LogP contribution in [0.2, 0.25) is 0 Å². The van der Waals surface area contributed by atoms with Crippen molar-refractivity contribution >= 4 is 55.4 Å². The predicted molar refractivity (Wildman–Crippen MR) is 123 cm³/mol. The second kappa shape index (κ2) is 7.55. The maximum absolute atomic E-state index is 13.2. The number of rotatable bonds is 4. The fraction of sp³-hybridized carbons (Fsp3) is 0.0455. The number of aromatic nitrogens is 2. The normalized spacial score (nSPS) is 11.7. The van der Waals surface area contributed by atoms with Crippen molar-refractivity contribution < 1.29 is 9.15 Å². The van der Waals surface area contributed by atoms with Gasteiger partial charge < -0.3 is 9.15 Å². The highest BCUT2D eigenvalue weighted by Gasteiger charge is 2.17. The molecule has 2 aromatic carbocycles. The Balaban J connectivity index is 1.76. The van der Waals surface area contributed by atoms with Gasteiger partial charge >= 0.3 is 0 Å². The molecule has 0 bridgehead atoms. The smallest absolute Gasteiger partial charge is 0.282 e. The lowest BCUT2D eigenvalue weighted by Gasteiger charge is -2.06. The minimum atomic E-state index is -0.269. The molecule has 0 amide bonds. The lowest BCUT2D eigenvalue weighted by Crippen LogP contribution is -2.20. The molecule has 0 aliphatic heterocycles. The van der Waals surface area contributed by atoms with Crippen LogP contribution in [0.4, 0.5) is 0 Å². The van der Waals surface area contributed by atoms with Crippen molar-refractivity contribution in [1.29, 1.82) is 0 Å². The molecule has 8 heteroatoms. The summed E-state index contributed by atoms with van der Waals surface area (Å²) in [5.41, 5.74) is 0.953. The third kappa shape index (κ3) is 3.24. The van der Waals surface area contributed by atoms with Crippen molar-refractivity contribution in [1.82, 2.24) is 9.66 Å². The van der Waals surface area contributed by atoms with Crippen LogP contribution in [0.15, 0.2) is 78.8 Å².